The molecule has 16 heavy (non-hydrogen) atoms. The molecule has 0 amide bonds. The quantitative estimate of drug-likeness (QED) is 0.701. The number of hydrogen-bond donors (Lipinski definition) is 0. The van der Waals surface area contributed by atoms with Crippen molar-refractivity contribution in [1.29, 1.82) is 0 Å². The van der Waals surface area contributed by atoms with E-state index in [4.69, 9.17) is 0 Å². The highest BCUT2D eigenvalue weighted by Crippen LogP contribution is 2.41. The molecule has 2 heterocycles. The second kappa shape index (κ2) is 4.41. The summed E-state index contributed by atoms with van der Waals surface area (Å²) in [6.45, 7) is 2.56. The van der Waals surface area contributed by atoms with Crippen LogP contribution < -0.4 is 0 Å². The Kier molecular flexibility index (Phi) is 3.09. The molecular weight excluding hydrogens is 218 g/mol. The van der Waals surface area contributed by atoms with E-state index in [-0.39, 0.29) is 0 Å². The van der Waals surface area contributed by atoms with Crippen molar-refractivity contribution >= 4 is 10.8 Å². The minimum Gasteiger partial charge on any atom is -0.300 e. The second-order valence-electron chi connectivity index (χ2n) is 6.06. The molecule has 1 aliphatic carbocycles. The van der Waals surface area contributed by atoms with Crippen LogP contribution in [-0.2, 0) is 10.8 Å². The Labute approximate surface area is 101 Å². The van der Waals surface area contributed by atoms with Gasteiger partial charge in [0.25, 0.3) is 0 Å². The SMILES string of the molecule is O=S1CC2(CCN(C3CCCCC3)CC2)C1. The summed E-state index contributed by atoms with van der Waals surface area (Å²) in [4.78, 5) is 2.73. The molecule has 2 aliphatic heterocycles. The van der Waals surface area contributed by atoms with Gasteiger partial charge in [0, 0.05) is 28.3 Å². The molecule has 3 aliphatic rings. The summed E-state index contributed by atoms with van der Waals surface area (Å²) >= 11 is 0. The van der Waals surface area contributed by atoms with Crippen molar-refractivity contribution < 1.29 is 4.21 Å². The maximum Gasteiger partial charge on any atom is 0.0301 e. The van der Waals surface area contributed by atoms with Crippen LogP contribution in [0.2, 0.25) is 0 Å². The lowest BCUT2D eigenvalue weighted by molar-refractivity contribution is 0.0741. The van der Waals surface area contributed by atoms with Crippen LogP contribution in [0.15, 0.2) is 0 Å². The fourth-order valence-corrected chi connectivity index (χ4v) is 5.60. The maximum absolute atomic E-state index is 11.3. The van der Waals surface area contributed by atoms with Crippen LogP contribution >= 0.6 is 0 Å². The molecule has 0 atom stereocenters. The van der Waals surface area contributed by atoms with Crippen LogP contribution in [-0.4, -0.2) is 39.7 Å². The maximum atomic E-state index is 11.3. The first kappa shape index (κ1) is 11.2. The van der Waals surface area contributed by atoms with Crippen molar-refractivity contribution in [2.75, 3.05) is 24.6 Å². The Hall–Kier alpha value is 0.110. The lowest BCUT2D eigenvalue weighted by Gasteiger charge is -2.49. The molecular formula is C13H23NOS. The topological polar surface area (TPSA) is 20.3 Å². The Bertz CT molecular complexity index is 268. The van der Waals surface area contributed by atoms with Gasteiger partial charge < -0.3 is 4.90 Å². The van der Waals surface area contributed by atoms with Crippen LogP contribution in [0.4, 0.5) is 0 Å². The number of piperidine rings is 1. The highest BCUT2D eigenvalue weighted by molar-refractivity contribution is 7.86. The van der Waals surface area contributed by atoms with Gasteiger partial charge in [0.1, 0.15) is 0 Å². The van der Waals surface area contributed by atoms with Crippen molar-refractivity contribution in [3.05, 3.63) is 0 Å². The van der Waals surface area contributed by atoms with Gasteiger partial charge in [0.15, 0.2) is 0 Å². The van der Waals surface area contributed by atoms with Crippen LogP contribution in [0, 0.1) is 5.41 Å². The second-order valence-corrected chi connectivity index (χ2v) is 7.51. The summed E-state index contributed by atoms with van der Waals surface area (Å²) in [5.74, 6) is 2.01. The fraction of sp³-hybridized carbons (Fsp3) is 1.00. The fourth-order valence-electron chi connectivity index (χ4n) is 3.74. The number of likely N-dealkylation sites (tertiary alicyclic amines) is 1. The highest BCUT2D eigenvalue weighted by atomic mass is 32.2. The highest BCUT2D eigenvalue weighted by Gasteiger charge is 2.45. The van der Waals surface area contributed by atoms with Gasteiger partial charge in [-0.25, -0.2) is 0 Å². The van der Waals surface area contributed by atoms with Gasteiger partial charge in [-0.3, -0.25) is 4.21 Å². The molecule has 1 spiro atoms. The molecule has 0 aromatic carbocycles. The number of nitrogens with zero attached hydrogens (tertiary/aromatic N) is 1. The molecule has 3 heteroatoms. The lowest BCUT2D eigenvalue weighted by Crippen LogP contribution is -2.54. The summed E-state index contributed by atoms with van der Waals surface area (Å²) in [6, 6.07) is 0.886. The number of hydrogen-bond acceptors (Lipinski definition) is 2. The molecule has 3 rings (SSSR count). The third-order valence-electron chi connectivity index (χ3n) is 4.88. The average Bonchev–Trinajstić information content (AvgIpc) is 2.29. The van der Waals surface area contributed by atoms with Crippen LogP contribution in [0.1, 0.15) is 44.9 Å². The van der Waals surface area contributed by atoms with Crippen molar-refractivity contribution in [1.82, 2.24) is 4.90 Å². The van der Waals surface area contributed by atoms with E-state index in [0.29, 0.717) is 5.41 Å². The Morgan fingerprint density at radius 2 is 1.62 bits per heavy atom. The van der Waals surface area contributed by atoms with Gasteiger partial charge >= 0.3 is 0 Å². The van der Waals surface area contributed by atoms with E-state index < -0.39 is 10.8 Å². The molecule has 3 fully saturated rings. The van der Waals surface area contributed by atoms with Gasteiger partial charge in [0.05, 0.1) is 0 Å². The minimum atomic E-state index is -0.463. The lowest BCUT2D eigenvalue weighted by atomic mass is 9.80. The molecule has 0 N–H and O–H groups in total. The van der Waals surface area contributed by atoms with Crippen LogP contribution in [0.3, 0.4) is 0 Å². The molecule has 2 saturated heterocycles. The zero-order valence-corrected chi connectivity index (χ0v) is 10.9. The summed E-state index contributed by atoms with van der Waals surface area (Å²) in [7, 11) is -0.463. The minimum absolute atomic E-state index is 0.463. The van der Waals surface area contributed by atoms with Gasteiger partial charge in [-0.05, 0) is 44.2 Å². The number of rotatable bonds is 1. The largest absolute Gasteiger partial charge is 0.300 e. The molecule has 0 aromatic rings. The van der Waals surface area contributed by atoms with E-state index in [1.54, 1.807) is 0 Å². The van der Waals surface area contributed by atoms with Gasteiger partial charge in [-0.15, -0.1) is 0 Å². The first-order valence-electron chi connectivity index (χ1n) is 6.87. The molecule has 0 bridgehead atoms. The van der Waals surface area contributed by atoms with E-state index in [1.807, 2.05) is 0 Å². The summed E-state index contributed by atoms with van der Waals surface area (Å²) < 4.78 is 11.3. The average molecular weight is 241 g/mol. The summed E-state index contributed by atoms with van der Waals surface area (Å²) in [5, 5.41) is 0. The zero-order chi connectivity index (χ0) is 11.0. The van der Waals surface area contributed by atoms with Gasteiger partial charge in [0.2, 0.25) is 0 Å². The van der Waals surface area contributed by atoms with E-state index in [2.05, 4.69) is 4.90 Å². The van der Waals surface area contributed by atoms with E-state index >= 15 is 0 Å². The van der Waals surface area contributed by atoms with Crippen molar-refractivity contribution in [3.8, 4) is 0 Å². The Balaban J connectivity index is 1.52. The van der Waals surface area contributed by atoms with Crippen molar-refractivity contribution in [3.63, 3.8) is 0 Å². The third kappa shape index (κ3) is 2.08. The molecule has 0 aromatic heterocycles. The normalized spacial score (nSPS) is 32.8. The Morgan fingerprint density at radius 1 is 1.00 bits per heavy atom. The predicted molar refractivity (Wildman–Crippen MR) is 68.0 cm³/mol. The van der Waals surface area contributed by atoms with E-state index in [9.17, 15) is 4.21 Å². The monoisotopic (exact) mass is 241 g/mol. The predicted octanol–water partition coefficient (Wildman–Crippen LogP) is 2.16. The smallest absolute Gasteiger partial charge is 0.0301 e. The molecule has 0 unspecified atom stereocenters. The van der Waals surface area contributed by atoms with Gasteiger partial charge in [-0.2, -0.15) is 0 Å². The first-order chi connectivity index (χ1) is 7.77. The summed E-state index contributed by atoms with van der Waals surface area (Å²) in [5.41, 5.74) is 0.510. The van der Waals surface area contributed by atoms with E-state index in [1.165, 1.54) is 58.0 Å². The van der Waals surface area contributed by atoms with Crippen molar-refractivity contribution in [2.24, 2.45) is 5.41 Å². The molecule has 1 saturated carbocycles. The third-order valence-corrected chi connectivity index (χ3v) is 6.75. The zero-order valence-electron chi connectivity index (χ0n) is 10.1. The standard InChI is InChI=1S/C13H23NOS/c15-16-10-13(11-16)6-8-14(9-7-13)12-4-2-1-3-5-12/h12H,1-11H2. The van der Waals surface area contributed by atoms with E-state index in [0.717, 1.165) is 17.5 Å². The molecule has 0 radical (unpaired) electrons. The van der Waals surface area contributed by atoms with Crippen molar-refractivity contribution in [2.45, 2.75) is 51.0 Å². The summed E-state index contributed by atoms with van der Waals surface area (Å²) in [6.07, 6.45) is 9.82. The van der Waals surface area contributed by atoms with Crippen LogP contribution in [0.5, 0.6) is 0 Å². The van der Waals surface area contributed by atoms with Crippen LogP contribution in [0.25, 0.3) is 0 Å². The molecule has 2 nitrogen and oxygen atoms in total. The van der Waals surface area contributed by atoms with Gasteiger partial charge in [-0.1, -0.05) is 19.3 Å². The Morgan fingerprint density at radius 3 is 2.19 bits per heavy atom. The first-order valence-corrected chi connectivity index (χ1v) is 8.35. The molecule has 92 valence electrons.